The van der Waals surface area contributed by atoms with Crippen LogP contribution in [0.25, 0.3) is 5.69 Å². The number of fused-ring (bicyclic) bond motifs is 1. The van der Waals surface area contributed by atoms with Gasteiger partial charge in [-0.1, -0.05) is 24.3 Å². The molecule has 6 heteroatoms. The van der Waals surface area contributed by atoms with E-state index >= 15 is 0 Å². The van der Waals surface area contributed by atoms with E-state index in [2.05, 4.69) is 10.4 Å². The highest BCUT2D eigenvalue weighted by atomic mass is 16.6. The van der Waals surface area contributed by atoms with Crippen molar-refractivity contribution in [3.05, 3.63) is 65.5 Å². The third-order valence-corrected chi connectivity index (χ3v) is 4.80. The normalized spacial score (nSPS) is 12.6. The lowest BCUT2D eigenvalue weighted by Crippen LogP contribution is -2.16. The van der Waals surface area contributed by atoms with Crippen LogP contribution >= 0.6 is 0 Å². The number of aromatic nitrogens is 2. The Hall–Kier alpha value is -3.28. The molecule has 28 heavy (non-hydrogen) atoms. The van der Waals surface area contributed by atoms with Gasteiger partial charge in [0.25, 0.3) is 0 Å². The molecule has 0 atom stereocenters. The van der Waals surface area contributed by atoms with Gasteiger partial charge in [-0.2, -0.15) is 5.10 Å². The number of anilines is 1. The molecule has 0 spiro atoms. The molecule has 0 aliphatic carbocycles. The van der Waals surface area contributed by atoms with Crippen molar-refractivity contribution in [3.8, 4) is 17.2 Å². The summed E-state index contributed by atoms with van der Waals surface area (Å²) in [5.74, 6) is 1.48. The molecule has 2 heterocycles. The molecule has 4 rings (SSSR count). The van der Waals surface area contributed by atoms with E-state index in [1.165, 1.54) is 0 Å². The Morgan fingerprint density at radius 1 is 1.07 bits per heavy atom. The van der Waals surface area contributed by atoms with Crippen molar-refractivity contribution < 1.29 is 14.3 Å². The van der Waals surface area contributed by atoms with E-state index in [0.717, 1.165) is 39.8 Å². The summed E-state index contributed by atoms with van der Waals surface area (Å²) in [6.07, 6.45) is 1.02. The summed E-state index contributed by atoms with van der Waals surface area (Å²) in [5.41, 5.74) is 4.51. The third-order valence-electron chi connectivity index (χ3n) is 4.80. The van der Waals surface area contributed by atoms with E-state index in [9.17, 15) is 4.79 Å². The Morgan fingerprint density at radius 2 is 1.82 bits per heavy atom. The van der Waals surface area contributed by atoms with Crippen molar-refractivity contribution in [2.45, 2.75) is 26.7 Å². The first-order valence-corrected chi connectivity index (χ1v) is 9.42. The van der Waals surface area contributed by atoms with Gasteiger partial charge in [0.15, 0.2) is 11.5 Å². The molecule has 144 valence electrons. The first-order valence-electron chi connectivity index (χ1n) is 9.42. The Balaban J connectivity index is 1.42. The first kappa shape index (κ1) is 18.1. The fraction of sp³-hybridized carbons (Fsp3) is 0.273. The summed E-state index contributed by atoms with van der Waals surface area (Å²) < 4.78 is 13.0. The van der Waals surface area contributed by atoms with Gasteiger partial charge in [-0.05, 0) is 50.1 Å². The highest BCUT2D eigenvalue weighted by molar-refractivity contribution is 5.92. The van der Waals surface area contributed by atoms with Crippen LogP contribution in [0.3, 0.4) is 0 Å². The second-order valence-electron chi connectivity index (χ2n) is 6.82. The molecule has 1 aliphatic heterocycles. The second kappa shape index (κ2) is 7.76. The summed E-state index contributed by atoms with van der Waals surface area (Å²) in [5, 5.41) is 7.59. The number of rotatable bonds is 5. The number of benzene rings is 2. The number of hydrogen-bond acceptors (Lipinski definition) is 4. The molecule has 0 saturated heterocycles. The van der Waals surface area contributed by atoms with Crippen molar-refractivity contribution in [3.63, 3.8) is 0 Å². The Kier molecular flexibility index (Phi) is 5.02. The molecule has 0 radical (unpaired) electrons. The van der Waals surface area contributed by atoms with Gasteiger partial charge in [0.2, 0.25) is 5.91 Å². The van der Waals surface area contributed by atoms with Crippen LogP contribution < -0.4 is 14.8 Å². The highest BCUT2D eigenvalue weighted by Crippen LogP contribution is 2.31. The van der Waals surface area contributed by atoms with Gasteiger partial charge in [0.1, 0.15) is 13.2 Å². The molecule has 3 aromatic rings. The number of para-hydroxylation sites is 1. The minimum atomic E-state index is -0.0336. The summed E-state index contributed by atoms with van der Waals surface area (Å²) in [7, 11) is 0. The summed E-state index contributed by atoms with van der Waals surface area (Å²) in [4.78, 5) is 12.5. The van der Waals surface area contributed by atoms with Gasteiger partial charge in [0, 0.05) is 6.42 Å². The number of amides is 1. The third kappa shape index (κ3) is 3.71. The highest BCUT2D eigenvalue weighted by Gasteiger charge is 2.16. The van der Waals surface area contributed by atoms with E-state index in [0.29, 0.717) is 26.1 Å². The molecule has 0 bridgehead atoms. The lowest BCUT2D eigenvalue weighted by atomic mass is 10.1. The summed E-state index contributed by atoms with van der Waals surface area (Å²) >= 11 is 0. The van der Waals surface area contributed by atoms with Crippen LogP contribution in [-0.4, -0.2) is 28.9 Å². The van der Waals surface area contributed by atoms with Crippen molar-refractivity contribution in [1.82, 2.24) is 9.78 Å². The van der Waals surface area contributed by atoms with Crippen LogP contribution in [0, 0.1) is 13.8 Å². The largest absolute Gasteiger partial charge is 0.486 e. The summed E-state index contributed by atoms with van der Waals surface area (Å²) in [6.45, 7) is 5.00. The summed E-state index contributed by atoms with van der Waals surface area (Å²) in [6, 6.07) is 15.7. The molecule has 0 saturated carbocycles. The number of aryl methyl sites for hydroxylation is 2. The molecule has 1 aliphatic rings. The van der Waals surface area contributed by atoms with E-state index in [1.807, 2.05) is 67.1 Å². The lowest BCUT2D eigenvalue weighted by molar-refractivity contribution is -0.116. The van der Waals surface area contributed by atoms with Crippen LogP contribution in [0.5, 0.6) is 11.5 Å². The second-order valence-corrected chi connectivity index (χ2v) is 6.82. The molecular weight excluding hydrogens is 354 g/mol. The average Bonchev–Trinajstić information content (AvgIpc) is 3.01. The smallest absolute Gasteiger partial charge is 0.224 e. The molecular formula is C22H23N3O3. The van der Waals surface area contributed by atoms with E-state index < -0.39 is 0 Å². The van der Waals surface area contributed by atoms with Gasteiger partial charge >= 0.3 is 0 Å². The quantitative estimate of drug-likeness (QED) is 0.734. The van der Waals surface area contributed by atoms with Crippen molar-refractivity contribution in [1.29, 1.82) is 0 Å². The maximum atomic E-state index is 12.5. The number of ether oxygens (including phenoxy) is 2. The zero-order valence-electron chi connectivity index (χ0n) is 16.1. The Morgan fingerprint density at radius 3 is 2.61 bits per heavy atom. The molecule has 0 fully saturated rings. The SMILES string of the molecule is Cc1nn(-c2ccccc2)c(C)c1NC(=O)CCc1ccc2c(c1)OCCO2. The fourth-order valence-corrected chi connectivity index (χ4v) is 3.35. The number of nitrogens with one attached hydrogen (secondary N) is 1. The van der Waals surface area contributed by atoms with Crippen LogP contribution in [0.1, 0.15) is 23.4 Å². The fourth-order valence-electron chi connectivity index (χ4n) is 3.35. The van der Waals surface area contributed by atoms with Crippen LogP contribution in [0.4, 0.5) is 5.69 Å². The predicted molar refractivity (Wildman–Crippen MR) is 107 cm³/mol. The van der Waals surface area contributed by atoms with Gasteiger partial charge in [-0.15, -0.1) is 0 Å². The monoisotopic (exact) mass is 377 g/mol. The maximum Gasteiger partial charge on any atom is 0.224 e. The van der Waals surface area contributed by atoms with Crippen LogP contribution in [-0.2, 0) is 11.2 Å². The number of carbonyl (C=O) groups is 1. The van der Waals surface area contributed by atoms with Crippen LogP contribution in [0.15, 0.2) is 48.5 Å². The standard InChI is InChI=1S/C22H23N3O3/c1-15-22(16(2)25(24-15)18-6-4-3-5-7-18)23-21(26)11-9-17-8-10-19-20(14-17)28-13-12-27-19/h3-8,10,14H,9,11-13H2,1-2H3,(H,23,26). The van der Waals surface area contributed by atoms with E-state index in [-0.39, 0.29) is 5.91 Å². The van der Waals surface area contributed by atoms with Gasteiger partial charge < -0.3 is 14.8 Å². The molecule has 2 aromatic carbocycles. The molecule has 6 nitrogen and oxygen atoms in total. The predicted octanol–water partition coefficient (Wildman–Crippen LogP) is 3.83. The zero-order valence-corrected chi connectivity index (χ0v) is 16.1. The number of hydrogen-bond donors (Lipinski definition) is 1. The molecule has 1 aromatic heterocycles. The zero-order chi connectivity index (χ0) is 19.5. The van der Waals surface area contributed by atoms with E-state index in [4.69, 9.17) is 9.47 Å². The van der Waals surface area contributed by atoms with Crippen molar-refractivity contribution in [2.24, 2.45) is 0 Å². The minimum Gasteiger partial charge on any atom is -0.486 e. The maximum absolute atomic E-state index is 12.5. The molecule has 1 amide bonds. The minimum absolute atomic E-state index is 0.0336. The Labute approximate surface area is 164 Å². The lowest BCUT2D eigenvalue weighted by Gasteiger charge is -2.18. The first-order chi connectivity index (χ1) is 13.6. The van der Waals surface area contributed by atoms with Gasteiger partial charge in [-0.25, -0.2) is 4.68 Å². The average molecular weight is 377 g/mol. The topological polar surface area (TPSA) is 65.4 Å². The van der Waals surface area contributed by atoms with Crippen molar-refractivity contribution >= 4 is 11.6 Å². The number of carbonyl (C=O) groups excluding carboxylic acids is 1. The van der Waals surface area contributed by atoms with Gasteiger partial charge in [0.05, 0.1) is 22.8 Å². The van der Waals surface area contributed by atoms with E-state index in [1.54, 1.807) is 0 Å². The number of nitrogens with zero attached hydrogens (tertiary/aromatic N) is 2. The molecule has 0 unspecified atom stereocenters. The Bertz CT molecular complexity index is 996. The molecule has 1 N–H and O–H groups in total. The van der Waals surface area contributed by atoms with Crippen LogP contribution in [0.2, 0.25) is 0 Å². The van der Waals surface area contributed by atoms with Gasteiger partial charge in [-0.3, -0.25) is 4.79 Å². The van der Waals surface area contributed by atoms with Crippen molar-refractivity contribution in [2.75, 3.05) is 18.5 Å².